The molecule has 0 bridgehead atoms. The van der Waals surface area contributed by atoms with Gasteiger partial charge in [0.15, 0.2) is 0 Å². The fourth-order valence-electron chi connectivity index (χ4n) is 3.09. The largest absolute Gasteiger partial charge is 0.497 e. The Labute approximate surface area is 150 Å². The highest BCUT2D eigenvalue weighted by molar-refractivity contribution is 6.04. The highest BCUT2D eigenvalue weighted by Crippen LogP contribution is 2.21. The van der Waals surface area contributed by atoms with E-state index in [1.54, 1.807) is 21.0 Å². The molecule has 1 aromatic rings. The lowest BCUT2D eigenvalue weighted by atomic mass is 9.89. The summed E-state index contributed by atoms with van der Waals surface area (Å²) in [5.74, 6) is 0.387. The number of nitrogens with one attached hydrogen (secondary N) is 2. The van der Waals surface area contributed by atoms with Crippen LogP contribution < -0.4 is 15.4 Å². The molecule has 1 aliphatic rings. The van der Waals surface area contributed by atoms with Crippen LogP contribution in [-0.4, -0.2) is 31.5 Å². The number of methoxy groups -OCH3 is 1. The van der Waals surface area contributed by atoms with Gasteiger partial charge in [-0.05, 0) is 50.8 Å². The van der Waals surface area contributed by atoms with Crippen molar-refractivity contribution in [1.29, 1.82) is 0 Å². The summed E-state index contributed by atoms with van der Waals surface area (Å²) < 4.78 is 5.20. The van der Waals surface area contributed by atoms with E-state index in [0.29, 0.717) is 13.0 Å². The third kappa shape index (κ3) is 5.48. The molecule has 1 aliphatic carbocycles. The van der Waals surface area contributed by atoms with Gasteiger partial charge in [-0.15, -0.1) is 0 Å². The Balaban J connectivity index is 1.81. The van der Waals surface area contributed by atoms with Crippen LogP contribution in [0.25, 0.3) is 0 Å². The Kier molecular flexibility index (Phi) is 6.85. The molecule has 138 valence electrons. The minimum atomic E-state index is -1.06. The molecule has 0 atom stereocenters. The standard InChI is InChI=1S/C20H30N2O3/c1-20(2,19(24)22-16-9-5-4-6-10-16)18(23)21-13-12-15-8-7-11-17(14-15)25-3/h7-8,11,14,16H,4-6,9-10,12-13H2,1-3H3,(H,21,23)(H,22,24). The summed E-state index contributed by atoms with van der Waals surface area (Å²) in [6.07, 6.45) is 6.26. The van der Waals surface area contributed by atoms with Crippen molar-refractivity contribution in [1.82, 2.24) is 10.6 Å². The molecule has 0 radical (unpaired) electrons. The molecule has 0 aliphatic heterocycles. The van der Waals surface area contributed by atoms with E-state index in [0.717, 1.165) is 37.0 Å². The lowest BCUT2D eigenvalue weighted by molar-refractivity contribution is -0.141. The van der Waals surface area contributed by atoms with E-state index in [1.807, 2.05) is 24.3 Å². The number of ether oxygens (including phenoxy) is 1. The zero-order chi connectivity index (χ0) is 18.3. The number of rotatable bonds is 7. The lowest BCUT2D eigenvalue weighted by Crippen LogP contribution is -2.51. The molecule has 1 aromatic carbocycles. The van der Waals surface area contributed by atoms with Gasteiger partial charge in [-0.1, -0.05) is 31.4 Å². The Morgan fingerprint density at radius 1 is 1.16 bits per heavy atom. The van der Waals surface area contributed by atoms with E-state index < -0.39 is 5.41 Å². The van der Waals surface area contributed by atoms with Gasteiger partial charge in [0.05, 0.1) is 7.11 Å². The normalized spacial score (nSPS) is 15.5. The molecule has 25 heavy (non-hydrogen) atoms. The van der Waals surface area contributed by atoms with Gasteiger partial charge in [-0.25, -0.2) is 0 Å². The fraction of sp³-hybridized carbons (Fsp3) is 0.600. The van der Waals surface area contributed by atoms with E-state index >= 15 is 0 Å². The summed E-state index contributed by atoms with van der Waals surface area (Å²) in [5.41, 5.74) is 0.0235. The molecule has 2 amide bonds. The van der Waals surface area contributed by atoms with Crippen molar-refractivity contribution >= 4 is 11.8 Å². The van der Waals surface area contributed by atoms with Crippen molar-refractivity contribution < 1.29 is 14.3 Å². The third-order valence-electron chi connectivity index (χ3n) is 4.91. The molecule has 2 N–H and O–H groups in total. The SMILES string of the molecule is COc1cccc(CCNC(=O)C(C)(C)C(=O)NC2CCCCC2)c1. The summed E-state index contributed by atoms with van der Waals surface area (Å²) in [6, 6.07) is 7.98. The van der Waals surface area contributed by atoms with Gasteiger partial charge in [-0.2, -0.15) is 0 Å². The topological polar surface area (TPSA) is 67.4 Å². The molecule has 5 nitrogen and oxygen atoms in total. The van der Waals surface area contributed by atoms with Crippen molar-refractivity contribution in [3.8, 4) is 5.75 Å². The Bertz CT molecular complexity index is 592. The van der Waals surface area contributed by atoms with Crippen LogP contribution in [0.4, 0.5) is 0 Å². The van der Waals surface area contributed by atoms with Gasteiger partial charge >= 0.3 is 0 Å². The molecule has 0 spiro atoms. The van der Waals surface area contributed by atoms with Crippen molar-refractivity contribution in [2.24, 2.45) is 5.41 Å². The first kappa shape index (κ1) is 19.3. The van der Waals surface area contributed by atoms with Crippen LogP contribution in [0.3, 0.4) is 0 Å². The second-order valence-corrected chi connectivity index (χ2v) is 7.29. The second kappa shape index (κ2) is 8.88. The molecule has 1 saturated carbocycles. The van der Waals surface area contributed by atoms with Gasteiger partial charge in [0.2, 0.25) is 11.8 Å². The summed E-state index contributed by atoms with van der Waals surface area (Å²) in [6.45, 7) is 3.87. The zero-order valence-corrected chi connectivity index (χ0v) is 15.6. The first-order valence-corrected chi connectivity index (χ1v) is 9.15. The number of carbonyl (C=O) groups excluding carboxylic acids is 2. The number of benzene rings is 1. The quantitative estimate of drug-likeness (QED) is 0.746. The van der Waals surface area contributed by atoms with Crippen LogP contribution >= 0.6 is 0 Å². The fourth-order valence-corrected chi connectivity index (χ4v) is 3.09. The van der Waals surface area contributed by atoms with Crippen molar-refractivity contribution in [3.05, 3.63) is 29.8 Å². The third-order valence-corrected chi connectivity index (χ3v) is 4.91. The van der Waals surface area contributed by atoms with Gasteiger partial charge in [0.1, 0.15) is 11.2 Å². The van der Waals surface area contributed by atoms with Crippen molar-refractivity contribution in [2.45, 2.75) is 58.4 Å². The van der Waals surface area contributed by atoms with Crippen LogP contribution in [0.1, 0.15) is 51.5 Å². The number of hydrogen-bond donors (Lipinski definition) is 2. The van der Waals surface area contributed by atoms with Crippen LogP contribution in [0.5, 0.6) is 5.75 Å². The first-order chi connectivity index (χ1) is 11.9. The van der Waals surface area contributed by atoms with Gasteiger partial charge in [-0.3, -0.25) is 9.59 Å². The average Bonchev–Trinajstić information content (AvgIpc) is 2.62. The smallest absolute Gasteiger partial charge is 0.235 e. The van der Waals surface area contributed by atoms with E-state index in [2.05, 4.69) is 10.6 Å². The molecule has 5 heteroatoms. The minimum absolute atomic E-state index is 0.182. The number of amides is 2. The average molecular weight is 346 g/mol. The molecular formula is C20H30N2O3. The Morgan fingerprint density at radius 3 is 2.56 bits per heavy atom. The van der Waals surface area contributed by atoms with Crippen LogP contribution in [0.2, 0.25) is 0 Å². The zero-order valence-electron chi connectivity index (χ0n) is 15.6. The van der Waals surface area contributed by atoms with Crippen LogP contribution in [-0.2, 0) is 16.0 Å². The van der Waals surface area contributed by atoms with Gasteiger partial charge < -0.3 is 15.4 Å². The highest BCUT2D eigenvalue weighted by atomic mass is 16.5. The maximum absolute atomic E-state index is 12.5. The molecule has 0 aromatic heterocycles. The number of hydrogen-bond acceptors (Lipinski definition) is 3. The van der Waals surface area contributed by atoms with Gasteiger partial charge in [0.25, 0.3) is 0 Å². The molecule has 1 fully saturated rings. The van der Waals surface area contributed by atoms with Crippen LogP contribution in [0, 0.1) is 5.41 Å². The maximum Gasteiger partial charge on any atom is 0.235 e. The summed E-state index contributed by atoms with van der Waals surface area (Å²) in [4.78, 5) is 25.0. The Morgan fingerprint density at radius 2 is 1.88 bits per heavy atom. The lowest BCUT2D eigenvalue weighted by Gasteiger charge is -2.28. The second-order valence-electron chi connectivity index (χ2n) is 7.29. The Hall–Kier alpha value is -2.04. The van der Waals surface area contributed by atoms with E-state index in [9.17, 15) is 9.59 Å². The summed E-state index contributed by atoms with van der Waals surface area (Å²) in [7, 11) is 1.63. The monoisotopic (exact) mass is 346 g/mol. The van der Waals surface area contributed by atoms with Crippen molar-refractivity contribution in [3.63, 3.8) is 0 Å². The van der Waals surface area contributed by atoms with Gasteiger partial charge in [0, 0.05) is 12.6 Å². The van der Waals surface area contributed by atoms with E-state index in [-0.39, 0.29) is 17.9 Å². The summed E-state index contributed by atoms with van der Waals surface area (Å²) >= 11 is 0. The molecular weight excluding hydrogens is 316 g/mol. The maximum atomic E-state index is 12.5. The molecule has 0 heterocycles. The predicted molar refractivity (Wildman–Crippen MR) is 98.5 cm³/mol. The van der Waals surface area contributed by atoms with Crippen LogP contribution in [0.15, 0.2) is 24.3 Å². The predicted octanol–water partition coefficient (Wildman–Crippen LogP) is 2.83. The van der Waals surface area contributed by atoms with E-state index in [4.69, 9.17) is 4.74 Å². The summed E-state index contributed by atoms with van der Waals surface area (Å²) in [5, 5.41) is 5.93. The number of carbonyl (C=O) groups is 2. The minimum Gasteiger partial charge on any atom is -0.497 e. The van der Waals surface area contributed by atoms with E-state index in [1.165, 1.54) is 6.42 Å². The first-order valence-electron chi connectivity index (χ1n) is 9.15. The molecule has 2 rings (SSSR count). The molecule has 0 unspecified atom stereocenters. The van der Waals surface area contributed by atoms with Crippen molar-refractivity contribution in [2.75, 3.05) is 13.7 Å². The highest BCUT2D eigenvalue weighted by Gasteiger charge is 2.36. The molecule has 0 saturated heterocycles.